The number of hydrogen-bond acceptors (Lipinski definition) is 2. The van der Waals surface area contributed by atoms with Crippen LogP contribution in [0.15, 0.2) is 12.3 Å². The molecule has 1 aromatic rings. The van der Waals surface area contributed by atoms with Crippen LogP contribution >= 0.6 is 0 Å². The summed E-state index contributed by atoms with van der Waals surface area (Å²) in [7, 11) is 0. The Hall–Kier alpha value is -1.26. The lowest BCUT2D eigenvalue weighted by Crippen LogP contribution is -2.14. The van der Waals surface area contributed by atoms with Gasteiger partial charge in [0.25, 0.3) is 0 Å². The summed E-state index contributed by atoms with van der Waals surface area (Å²) in [6.45, 7) is 3.70. The highest BCUT2D eigenvalue weighted by Gasteiger charge is 2.36. The van der Waals surface area contributed by atoms with Gasteiger partial charge in [-0.15, -0.1) is 0 Å². The largest absolute Gasteiger partial charge is 0.419 e. The van der Waals surface area contributed by atoms with Crippen LogP contribution in [0.3, 0.4) is 0 Å². The first kappa shape index (κ1) is 12.2. The van der Waals surface area contributed by atoms with E-state index in [0.29, 0.717) is 5.56 Å². The molecular formula is C12H15F3N2. The third-order valence-electron chi connectivity index (χ3n) is 2.80. The summed E-state index contributed by atoms with van der Waals surface area (Å²) < 4.78 is 38.6. The zero-order valence-electron chi connectivity index (χ0n) is 9.80. The minimum absolute atomic E-state index is 0.0376. The number of aromatic nitrogens is 1. The third-order valence-corrected chi connectivity index (χ3v) is 2.80. The number of pyridine rings is 1. The molecule has 5 heteroatoms. The average Bonchev–Trinajstić information content (AvgIpc) is 3.00. The van der Waals surface area contributed by atoms with Crippen molar-refractivity contribution in [3.05, 3.63) is 23.4 Å². The van der Waals surface area contributed by atoms with Crippen molar-refractivity contribution in [2.75, 3.05) is 5.32 Å². The molecule has 1 aliphatic rings. The zero-order chi connectivity index (χ0) is 12.6. The molecule has 1 aliphatic carbocycles. The van der Waals surface area contributed by atoms with Gasteiger partial charge in [-0.3, -0.25) is 0 Å². The molecule has 0 unspecified atom stereocenters. The lowest BCUT2D eigenvalue weighted by molar-refractivity contribution is -0.137. The third kappa shape index (κ3) is 2.90. The van der Waals surface area contributed by atoms with Gasteiger partial charge in [-0.25, -0.2) is 4.98 Å². The second-order valence-corrected chi connectivity index (χ2v) is 4.74. The Morgan fingerprint density at radius 1 is 1.35 bits per heavy atom. The first-order chi connectivity index (χ1) is 7.88. The van der Waals surface area contributed by atoms with E-state index in [-0.39, 0.29) is 17.8 Å². The number of halogens is 3. The summed E-state index contributed by atoms with van der Waals surface area (Å²) in [5.41, 5.74) is -0.0470. The van der Waals surface area contributed by atoms with Crippen molar-refractivity contribution in [2.45, 2.75) is 44.8 Å². The number of nitrogens with one attached hydrogen (secondary N) is 1. The minimum Gasteiger partial charge on any atom is -0.367 e. The van der Waals surface area contributed by atoms with Crippen LogP contribution in [0.5, 0.6) is 0 Å². The fourth-order valence-corrected chi connectivity index (χ4v) is 1.55. The van der Waals surface area contributed by atoms with Gasteiger partial charge < -0.3 is 5.32 Å². The molecule has 1 N–H and O–H groups in total. The van der Waals surface area contributed by atoms with Gasteiger partial charge in [0, 0.05) is 12.2 Å². The monoisotopic (exact) mass is 244 g/mol. The van der Waals surface area contributed by atoms with Crippen molar-refractivity contribution in [1.82, 2.24) is 4.98 Å². The Bertz CT molecular complexity index is 409. The number of rotatable bonds is 3. The van der Waals surface area contributed by atoms with E-state index in [2.05, 4.69) is 10.3 Å². The van der Waals surface area contributed by atoms with Crippen LogP contribution < -0.4 is 5.32 Å². The smallest absolute Gasteiger partial charge is 0.367 e. The Labute approximate surface area is 98.2 Å². The van der Waals surface area contributed by atoms with Crippen molar-refractivity contribution < 1.29 is 13.2 Å². The maximum absolute atomic E-state index is 12.9. The maximum atomic E-state index is 12.9. The second kappa shape index (κ2) is 4.20. The second-order valence-electron chi connectivity index (χ2n) is 4.74. The van der Waals surface area contributed by atoms with Crippen molar-refractivity contribution in [2.24, 2.45) is 0 Å². The van der Waals surface area contributed by atoms with E-state index in [1.807, 2.05) is 13.8 Å². The van der Waals surface area contributed by atoms with Crippen LogP contribution in [0, 0.1) is 0 Å². The van der Waals surface area contributed by atoms with Gasteiger partial charge in [0.15, 0.2) is 0 Å². The predicted octanol–water partition coefficient (Wildman–Crippen LogP) is 3.80. The molecule has 0 aliphatic heterocycles. The Kier molecular flexibility index (Phi) is 3.02. The summed E-state index contributed by atoms with van der Waals surface area (Å²) in [4.78, 5) is 3.92. The fraction of sp³-hybridized carbons (Fsp3) is 0.583. The zero-order valence-corrected chi connectivity index (χ0v) is 9.80. The molecule has 2 rings (SSSR count). The number of nitrogens with zero attached hydrogens (tertiary/aromatic N) is 1. The highest BCUT2D eigenvalue weighted by atomic mass is 19.4. The summed E-state index contributed by atoms with van der Waals surface area (Å²) >= 11 is 0. The molecule has 0 spiro atoms. The first-order valence-corrected chi connectivity index (χ1v) is 5.71. The molecule has 1 aromatic heterocycles. The summed E-state index contributed by atoms with van der Waals surface area (Å²) in [6, 6.07) is 1.36. The van der Waals surface area contributed by atoms with E-state index < -0.39 is 11.7 Å². The van der Waals surface area contributed by atoms with Crippen LogP contribution in [-0.4, -0.2) is 11.0 Å². The van der Waals surface area contributed by atoms with Gasteiger partial charge in [0.1, 0.15) is 5.82 Å². The topological polar surface area (TPSA) is 24.9 Å². The van der Waals surface area contributed by atoms with Crippen molar-refractivity contribution >= 4 is 5.82 Å². The minimum atomic E-state index is -4.35. The quantitative estimate of drug-likeness (QED) is 0.874. The van der Waals surface area contributed by atoms with Gasteiger partial charge in [0.05, 0.1) is 5.56 Å². The van der Waals surface area contributed by atoms with E-state index >= 15 is 0 Å². The van der Waals surface area contributed by atoms with Crippen molar-refractivity contribution in [1.29, 1.82) is 0 Å². The van der Waals surface area contributed by atoms with Crippen molar-refractivity contribution in [3.63, 3.8) is 0 Å². The van der Waals surface area contributed by atoms with E-state index in [1.54, 1.807) is 0 Å². The van der Waals surface area contributed by atoms with E-state index in [9.17, 15) is 13.2 Å². The molecule has 1 heterocycles. The Balaban J connectivity index is 2.36. The van der Waals surface area contributed by atoms with Crippen LogP contribution in [0.4, 0.5) is 19.0 Å². The first-order valence-electron chi connectivity index (χ1n) is 5.71. The lowest BCUT2D eigenvalue weighted by Gasteiger charge is -2.15. The van der Waals surface area contributed by atoms with Crippen LogP contribution in [0.25, 0.3) is 0 Å². The van der Waals surface area contributed by atoms with Gasteiger partial charge in [-0.1, -0.05) is 13.8 Å². The Morgan fingerprint density at radius 2 is 2.00 bits per heavy atom. The average molecular weight is 244 g/mol. The van der Waals surface area contributed by atoms with Crippen LogP contribution in [0.1, 0.15) is 43.7 Å². The van der Waals surface area contributed by atoms with E-state index in [1.165, 1.54) is 12.3 Å². The van der Waals surface area contributed by atoms with Crippen molar-refractivity contribution in [3.8, 4) is 0 Å². The summed E-state index contributed by atoms with van der Waals surface area (Å²) in [6.07, 6.45) is -0.991. The SMILES string of the molecule is CC(C)c1cnc(NC2CC2)c(C(F)(F)F)c1. The molecule has 0 amide bonds. The number of anilines is 1. The van der Waals surface area contributed by atoms with Gasteiger partial charge in [-0.2, -0.15) is 13.2 Å². The maximum Gasteiger partial charge on any atom is 0.419 e. The normalized spacial score (nSPS) is 16.4. The predicted molar refractivity (Wildman–Crippen MR) is 60.0 cm³/mol. The van der Waals surface area contributed by atoms with Gasteiger partial charge in [0.2, 0.25) is 0 Å². The molecule has 17 heavy (non-hydrogen) atoms. The lowest BCUT2D eigenvalue weighted by atomic mass is 10.0. The summed E-state index contributed by atoms with van der Waals surface area (Å²) in [5.74, 6) is 0.00275. The van der Waals surface area contributed by atoms with E-state index in [4.69, 9.17) is 0 Å². The van der Waals surface area contributed by atoms with Crippen LogP contribution in [0.2, 0.25) is 0 Å². The Morgan fingerprint density at radius 3 is 2.47 bits per heavy atom. The summed E-state index contributed by atoms with van der Waals surface area (Å²) in [5, 5.41) is 2.83. The molecule has 0 bridgehead atoms. The van der Waals surface area contributed by atoms with E-state index in [0.717, 1.165) is 12.8 Å². The van der Waals surface area contributed by atoms with Gasteiger partial charge >= 0.3 is 6.18 Å². The molecule has 2 nitrogen and oxygen atoms in total. The molecule has 94 valence electrons. The molecule has 0 saturated heterocycles. The molecule has 0 radical (unpaired) electrons. The standard InChI is InChI=1S/C12H15F3N2/c1-7(2)8-5-10(12(13,14)15)11(16-6-8)17-9-3-4-9/h5-7,9H,3-4H2,1-2H3,(H,16,17). The van der Waals surface area contributed by atoms with Crippen LogP contribution in [-0.2, 0) is 6.18 Å². The number of alkyl halides is 3. The number of hydrogen-bond donors (Lipinski definition) is 1. The molecule has 1 fully saturated rings. The highest BCUT2D eigenvalue weighted by Crippen LogP contribution is 2.37. The van der Waals surface area contributed by atoms with Gasteiger partial charge in [-0.05, 0) is 30.4 Å². The molecule has 0 aromatic carbocycles. The molecule has 1 saturated carbocycles. The fourth-order valence-electron chi connectivity index (χ4n) is 1.55. The molecular weight excluding hydrogens is 229 g/mol. The highest BCUT2D eigenvalue weighted by molar-refractivity contribution is 5.49. The molecule has 0 atom stereocenters.